The number of carbonyl (C=O) groups is 1. The maximum atomic E-state index is 12.3. The van der Waals surface area contributed by atoms with Gasteiger partial charge in [0.2, 0.25) is 0 Å². The van der Waals surface area contributed by atoms with Crippen LogP contribution in [0.1, 0.15) is 10.5 Å². The van der Waals surface area contributed by atoms with Crippen molar-refractivity contribution in [3.05, 3.63) is 70.6 Å². The molecule has 2 aromatic carbocycles. The minimum Gasteiger partial charge on any atom is -0.495 e. The van der Waals surface area contributed by atoms with Crippen molar-refractivity contribution in [3.63, 3.8) is 0 Å². The summed E-state index contributed by atoms with van der Waals surface area (Å²) >= 11 is 12.0. The van der Waals surface area contributed by atoms with Crippen molar-refractivity contribution < 1.29 is 9.53 Å². The number of amides is 1. The first-order valence-corrected chi connectivity index (χ1v) is 8.31. The fourth-order valence-electron chi connectivity index (χ4n) is 2.18. The number of nitrogens with one attached hydrogen (secondary N) is 2. The number of aromatic nitrogens is 2. The van der Waals surface area contributed by atoms with Gasteiger partial charge in [-0.1, -0.05) is 41.4 Å². The lowest BCUT2D eigenvalue weighted by atomic mass is 10.3. The van der Waals surface area contributed by atoms with Gasteiger partial charge < -0.3 is 15.4 Å². The van der Waals surface area contributed by atoms with Gasteiger partial charge >= 0.3 is 0 Å². The van der Waals surface area contributed by atoms with Crippen LogP contribution in [0.25, 0.3) is 0 Å². The smallest absolute Gasteiger partial charge is 0.275 e. The topological polar surface area (TPSA) is 76.1 Å². The Balaban J connectivity index is 1.73. The summed E-state index contributed by atoms with van der Waals surface area (Å²) in [6.45, 7) is 0. The van der Waals surface area contributed by atoms with Gasteiger partial charge in [-0.15, -0.1) is 0 Å². The molecule has 8 heteroatoms. The zero-order valence-corrected chi connectivity index (χ0v) is 15.2. The first-order chi connectivity index (χ1) is 12.6. The zero-order valence-electron chi connectivity index (χ0n) is 13.7. The molecule has 0 aliphatic rings. The first-order valence-electron chi connectivity index (χ1n) is 7.56. The standard InChI is InChI=1S/C18H14Cl2N4O2/c1-26-15-8-3-2-6-12(15)23-16-10-21-14(9-22-16)18(25)24-13-7-4-5-11(19)17(13)20/h2-10H,1H3,(H,22,23)(H,24,25). The predicted octanol–water partition coefficient (Wildman–Crippen LogP) is 4.79. The van der Waals surface area contributed by atoms with Crippen LogP contribution in [0.3, 0.4) is 0 Å². The molecular formula is C18H14Cl2N4O2. The molecule has 0 bridgehead atoms. The summed E-state index contributed by atoms with van der Waals surface area (Å²) in [5, 5.41) is 6.37. The second kappa shape index (κ2) is 8.03. The van der Waals surface area contributed by atoms with E-state index >= 15 is 0 Å². The highest BCUT2D eigenvalue weighted by Crippen LogP contribution is 2.30. The number of halogens is 2. The van der Waals surface area contributed by atoms with Crippen LogP contribution in [0.15, 0.2) is 54.9 Å². The van der Waals surface area contributed by atoms with Crippen LogP contribution in [-0.2, 0) is 0 Å². The average Bonchev–Trinajstić information content (AvgIpc) is 2.66. The summed E-state index contributed by atoms with van der Waals surface area (Å²) in [6, 6.07) is 12.4. The van der Waals surface area contributed by atoms with E-state index in [1.165, 1.54) is 12.4 Å². The largest absolute Gasteiger partial charge is 0.495 e. The van der Waals surface area contributed by atoms with Crippen molar-refractivity contribution in [1.82, 2.24) is 9.97 Å². The van der Waals surface area contributed by atoms with E-state index in [0.717, 1.165) is 5.69 Å². The van der Waals surface area contributed by atoms with Crippen molar-refractivity contribution in [2.45, 2.75) is 0 Å². The number of anilines is 3. The van der Waals surface area contributed by atoms with Crippen LogP contribution in [0, 0.1) is 0 Å². The van der Waals surface area contributed by atoms with Gasteiger partial charge in [-0.05, 0) is 24.3 Å². The monoisotopic (exact) mass is 388 g/mol. The number of carbonyl (C=O) groups excluding carboxylic acids is 1. The van der Waals surface area contributed by atoms with Gasteiger partial charge in [-0.25, -0.2) is 9.97 Å². The maximum Gasteiger partial charge on any atom is 0.275 e. The van der Waals surface area contributed by atoms with Gasteiger partial charge in [-0.3, -0.25) is 4.79 Å². The number of rotatable bonds is 5. The highest BCUT2D eigenvalue weighted by atomic mass is 35.5. The third-order valence-electron chi connectivity index (χ3n) is 3.45. The van der Waals surface area contributed by atoms with Gasteiger partial charge in [0.15, 0.2) is 0 Å². The third-order valence-corrected chi connectivity index (χ3v) is 4.27. The molecule has 0 saturated heterocycles. The number of hydrogen-bond acceptors (Lipinski definition) is 5. The molecule has 0 saturated carbocycles. The van der Waals surface area contributed by atoms with Crippen molar-refractivity contribution in [3.8, 4) is 5.75 Å². The Labute approximate surface area is 160 Å². The Kier molecular flexibility index (Phi) is 5.55. The van der Waals surface area contributed by atoms with Gasteiger partial charge in [0.1, 0.15) is 17.3 Å². The number of benzene rings is 2. The molecule has 0 fully saturated rings. The van der Waals surface area contributed by atoms with Crippen LogP contribution in [0.2, 0.25) is 10.0 Å². The minimum atomic E-state index is -0.439. The van der Waals surface area contributed by atoms with E-state index in [9.17, 15) is 4.79 Å². The van der Waals surface area contributed by atoms with Gasteiger partial charge in [0.25, 0.3) is 5.91 Å². The van der Waals surface area contributed by atoms with E-state index in [-0.39, 0.29) is 10.7 Å². The molecule has 1 aromatic heterocycles. The minimum absolute atomic E-state index is 0.145. The van der Waals surface area contributed by atoms with Crippen LogP contribution in [0.4, 0.5) is 17.2 Å². The summed E-state index contributed by atoms with van der Waals surface area (Å²) in [4.78, 5) is 20.6. The molecule has 2 N–H and O–H groups in total. The van der Waals surface area contributed by atoms with Crippen molar-refractivity contribution in [2.24, 2.45) is 0 Å². The Bertz CT molecular complexity index is 933. The van der Waals surface area contributed by atoms with E-state index < -0.39 is 5.91 Å². The molecule has 3 aromatic rings. The zero-order chi connectivity index (χ0) is 18.5. The molecule has 3 rings (SSSR count). The Morgan fingerprint density at radius 3 is 2.50 bits per heavy atom. The Morgan fingerprint density at radius 1 is 1.00 bits per heavy atom. The molecule has 0 aliphatic carbocycles. The van der Waals surface area contributed by atoms with Gasteiger partial charge in [0, 0.05) is 0 Å². The summed E-state index contributed by atoms with van der Waals surface area (Å²) in [5.41, 5.74) is 1.29. The summed E-state index contributed by atoms with van der Waals surface area (Å²) in [5.74, 6) is 0.712. The quantitative estimate of drug-likeness (QED) is 0.656. The molecular weight excluding hydrogens is 375 g/mol. The summed E-state index contributed by atoms with van der Waals surface area (Å²) < 4.78 is 5.27. The summed E-state index contributed by atoms with van der Waals surface area (Å²) in [6.07, 6.45) is 2.83. The molecule has 0 unspecified atom stereocenters. The van der Waals surface area contributed by atoms with Gasteiger partial charge in [0.05, 0.1) is 40.9 Å². The van der Waals surface area contributed by atoms with E-state index in [1.807, 2.05) is 24.3 Å². The Morgan fingerprint density at radius 2 is 1.77 bits per heavy atom. The normalized spacial score (nSPS) is 10.3. The SMILES string of the molecule is COc1ccccc1Nc1cnc(C(=O)Nc2cccc(Cl)c2Cl)cn1. The lowest BCUT2D eigenvalue weighted by Gasteiger charge is -2.10. The number of hydrogen-bond donors (Lipinski definition) is 2. The van der Waals surface area contributed by atoms with E-state index in [2.05, 4.69) is 20.6 Å². The highest BCUT2D eigenvalue weighted by Gasteiger charge is 2.12. The predicted molar refractivity (Wildman–Crippen MR) is 103 cm³/mol. The number of para-hydroxylation sites is 2. The van der Waals surface area contributed by atoms with Crippen LogP contribution in [0.5, 0.6) is 5.75 Å². The average molecular weight is 389 g/mol. The molecule has 132 valence electrons. The van der Waals surface area contributed by atoms with Crippen LogP contribution in [-0.4, -0.2) is 23.0 Å². The highest BCUT2D eigenvalue weighted by molar-refractivity contribution is 6.44. The van der Waals surface area contributed by atoms with Crippen molar-refractivity contribution >= 4 is 46.3 Å². The first kappa shape index (κ1) is 18.0. The molecule has 0 atom stereocenters. The molecule has 0 aliphatic heterocycles. The molecule has 1 heterocycles. The van der Waals surface area contributed by atoms with Crippen LogP contribution >= 0.6 is 23.2 Å². The molecule has 1 amide bonds. The molecule has 26 heavy (non-hydrogen) atoms. The van der Waals surface area contributed by atoms with Crippen molar-refractivity contribution in [2.75, 3.05) is 17.7 Å². The van der Waals surface area contributed by atoms with Crippen molar-refractivity contribution in [1.29, 1.82) is 0 Å². The second-order valence-electron chi connectivity index (χ2n) is 5.17. The van der Waals surface area contributed by atoms with E-state index in [1.54, 1.807) is 25.3 Å². The second-order valence-corrected chi connectivity index (χ2v) is 5.95. The third kappa shape index (κ3) is 4.04. The molecule has 0 spiro atoms. The fraction of sp³-hybridized carbons (Fsp3) is 0.0556. The lowest BCUT2D eigenvalue weighted by molar-refractivity contribution is 0.102. The number of ether oxygens (including phenoxy) is 1. The number of nitrogens with zero attached hydrogens (tertiary/aromatic N) is 2. The summed E-state index contributed by atoms with van der Waals surface area (Å²) in [7, 11) is 1.58. The lowest BCUT2D eigenvalue weighted by Crippen LogP contribution is -2.14. The molecule has 6 nitrogen and oxygen atoms in total. The Hall–Kier alpha value is -2.83. The number of methoxy groups -OCH3 is 1. The van der Waals surface area contributed by atoms with Gasteiger partial charge in [-0.2, -0.15) is 0 Å². The maximum absolute atomic E-state index is 12.3. The van der Waals surface area contributed by atoms with E-state index in [4.69, 9.17) is 27.9 Å². The van der Waals surface area contributed by atoms with Crippen LogP contribution < -0.4 is 15.4 Å². The fourth-order valence-corrected chi connectivity index (χ4v) is 2.53. The molecule has 0 radical (unpaired) electrons. The van der Waals surface area contributed by atoms with E-state index in [0.29, 0.717) is 22.3 Å².